The molecule has 0 radical (unpaired) electrons. The van der Waals surface area contributed by atoms with Crippen LogP contribution < -0.4 is 10.1 Å². The van der Waals surface area contributed by atoms with Crippen molar-refractivity contribution in [2.24, 2.45) is 0 Å². The molecule has 1 aliphatic heterocycles. The van der Waals surface area contributed by atoms with Gasteiger partial charge >= 0.3 is 6.11 Å². The van der Waals surface area contributed by atoms with Gasteiger partial charge in [-0.2, -0.15) is 8.78 Å². The van der Waals surface area contributed by atoms with Gasteiger partial charge in [0.15, 0.2) is 6.10 Å². The first-order chi connectivity index (χ1) is 16.0. The van der Waals surface area contributed by atoms with E-state index < -0.39 is 24.4 Å². The second kappa shape index (κ2) is 7.35. The Morgan fingerprint density at radius 2 is 2.06 bits per heavy atom. The number of carbonyl (C=O) groups excluding carboxylic acids is 1. The zero-order chi connectivity index (χ0) is 23.9. The topological polar surface area (TPSA) is 98.5 Å². The van der Waals surface area contributed by atoms with Crippen molar-refractivity contribution in [2.45, 2.75) is 86.9 Å². The van der Waals surface area contributed by atoms with Gasteiger partial charge in [-0.3, -0.25) is 4.79 Å². The summed E-state index contributed by atoms with van der Waals surface area (Å²) >= 11 is 5.99. The molecule has 4 aliphatic carbocycles. The van der Waals surface area contributed by atoms with Crippen LogP contribution in [0.5, 0.6) is 5.75 Å². The van der Waals surface area contributed by atoms with Gasteiger partial charge in [-0.15, -0.1) is 5.10 Å². The lowest BCUT2D eigenvalue weighted by Crippen LogP contribution is -2.77. The summed E-state index contributed by atoms with van der Waals surface area (Å²) < 4.78 is 38.2. The number of rotatable bonds is 6. The lowest BCUT2D eigenvalue weighted by molar-refractivity contribution is -0.267. The number of aromatic nitrogens is 3. The van der Waals surface area contributed by atoms with Crippen molar-refractivity contribution in [1.29, 1.82) is 0 Å². The maximum absolute atomic E-state index is 13.0. The molecule has 2 aromatic rings. The van der Waals surface area contributed by atoms with Crippen molar-refractivity contribution in [3.05, 3.63) is 40.7 Å². The number of nitrogens with one attached hydrogen (secondary N) is 1. The van der Waals surface area contributed by atoms with E-state index in [-0.39, 0.29) is 29.3 Å². The van der Waals surface area contributed by atoms with Crippen LogP contribution in [0, 0.1) is 0 Å². The highest BCUT2D eigenvalue weighted by Crippen LogP contribution is 2.67. The Morgan fingerprint density at radius 3 is 2.76 bits per heavy atom. The first-order valence-corrected chi connectivity index (χ1v) is 11.9. The Balaban J connectivity index is 1.03. The number of carbonyl (C=O) groups is 1. The third kappa shape index (κ3) is 3.67. The Kier molecular flexibility index (Phi) is 4.80. The van der Waals surface area contributed by atoms with Crippen molar-refractivity contribution in [3.63, 3.8) is 0 Å². The van der Waals surface area contributed by atoms with Gasteiger partial charge < -0.3 is 19.9 Å². The molecular formula is C23H25ClF2N4O4. The second-order valence-electron chi connectivity index (χ2n) is 10.4. The number of hydrogen-bond donors (Lipinski definition) is 2. The van der Waals surface area contributed by atoms with E-state index in [0.29, 0.717) is 29.2 Å². The number of aliphatic hydroxyl groups excluding tert-OH is 1. The van der Waals surface area contributed by atoms with Crippen molar-refractivity contribution >= 4 is 17.5 Å². The lowest BCUT2D eigenvalue weighted by atomic mass is 9.38. The summed E-state index contributed by atoms with van der Waals surface area (Å²) in [7, 11) is 0. The van der Waals surface area contributed by atoms with Crippen molar-refractivity contribution < 1.29 is 28.2 Å². The quantitative estimate of drug-likeness (QED) is 0.638. The summed E-state index contributed by atoms with van der Waals surface area (Å²) in [6.45, 7) is 0.753. The predicted octanol–water partition coefficient (Wildman–Crippen LogP) is 3.44. The molecule has 4 saturated carbocycles. The van der Waals surface area contributed by atoms with E-state index in [4.69, 9.17) is 21.1 Å². The smallest absolute Gasteiger partial charge is 0.353 e. The summed E-state index contributed by atoms with van der Waals surface area (Å²) in [5.41, 5.74) is 1.09. The molecule has 8 nitrogen and oxygen atoms in total. The van der Waals surface area contributed by atoms with Gasteiger partial charge in [-0.25, -0.2) is 4.68 Å². The highest BCUT2D eigenvalue weighted by atomic mass is 35.5. The number of alkyl halides is 2. The van der Waals surface area contributed by atoms with Crippen LogP contribution in [0.2, 0.25) is 5.02 Å². The van der Waals surface area contributed by atoms with Crippen LogP contribution in [0.1, 0.15) is 68.9 Å². The molecular weight excluding hydrogens is 470 g/mol. The summed E-state index contributed by atoms with van der Waals surface area (Å²) in [5.74, 6) is 0.241. The molecule has 0 unspecified atom stereocenters. The van der Waals surface area contributed by atoms with Gasteiger partial charge in [0.05, 0.1) is 23.9 Å². The van der Waals surface area contributed by atoms with E-state index >= 15 is 0 Å². The first-order valence-electron chi connectivity index (χ1n) is 11.5. The normalized spacial score (nSPS) is 35.8. The largest absolute Gasteiger partial charge is 0.480 e. The van der Waals surface area contributed by atoms with E-state index in [9.17, 15) is 18.7 Å². The minimum Gasteiger partial charge on any atom is -0.480 e. The van der Waals surface area contributed by atoms with Gasteiger partial charge in [0.25, 0.3) is 5.91 Å². The van der Waals surface area contributed by atoms with Crippen LogP contribution in [0.3, 0.4) is 0 Å². The van der Waals surface area contributed by atoms with Crippen molar-refractivity contribution in [1.82, 2.24) is 20.3 Å². The molecule has 182 valence electrons. The van der Waals surface area contributed by atoms with Crippen LogP contribution >= 0.6 is 11.6 Å². The molecule has 34 heavy (non-hydrogen) atoms. The van der Waals surface area contributed by atoms with E-state index in [2.05, 4.69) is 15.6 Å². The standard InChI is InChI=1S/C23H25ClF2N4O4/c1-21(25,26)34-14-5-13(6-14)30-8-19(28-29-30)22-9-23(10-22,11-22)27-20(32)18-7-16(31)15-4-12(24)2-3-17(15)33-18/h2-4,8,13-14,16,18,31H,5-7,9-11H2,1H3,(H,27,32)/t13?,14?,16-,18-,22?,23?/m1/s1. The molecule has 5 aliphatic rings. The third-order valence-corrected chi connectivity index (χ3v) is 7.85. The van der Waals surface area contributed by atoms with Crippen LogP contribution in [-0.4, -0.2) is 49.9 Å². The Bertz CT molecular complexity index is 1130. The average Bonchev–Trinajstić information content (AvgIpc) is 3.14. The number of benzene rings is 1. The molecule has 1 amide bonds. The van der Waals surface area contributed by atoms with Crippen molar-refractivity contribution in [2.75, 3.05) is 0 Å². The maximum Gasteiger partial charge on any atom is 0.353 e. The van der Waals surface area contributed by atoms with Gasteiger partial charge in [0.1, 0.15) is 5.75 Å². The van der Waals surface area contributed by atoms with Gasteiger partial charge in [-0.1, -0.05) is 16.8 Å². The van der Waals surface area contributed by atoms with Crippen molar-refractivity contribution in [3.8, 4) is 5.75 Å². The van der Waals surface area contributed by atoms with Crippen LogP contribution in [-0.2, 0) is 14.9 Å². The fourth-order valence-electron chi connectivity index (χ4n) is 5.95. The molecule has 1 aromatic carbocycles. The number of hydrogen-bond acceptors (Lipinski definition) is 6. The lowest BCUT2D eigenvalue weighted by Gasteiger charge is -2.69. The highest BCUT2D eigenvalue weighted by Gasteiger charge is 2.70. The fraction of sp³-hybridized carbons (Fsp3) is 0.609. The van der Waals surface area contributed by atoms with E-state index in [1.54, 1.807) is 22.9 Å². The monoisotopic (exact) mass is 494 g/mol. The molecule has 0 saturated heterocycles. The number of amides is 1. The number of ether oxygens (including phenoxy) is 2. The minimum atomic E-state index is -3.12. The summed E-state index contributed by atoms with van der Waals surface area (Å²) in [6, 6.07) is 5.01. The number of aliphatic hydroxyl groups is 1. The van der Waals surface area contributed by atoms with Crippen LogP contribution in [0.15, 0.2) is 24.4 Å². The van der Waals surface area contributed by atoms with Gasteiger partial charge in [-0.05, 0) is 50.3 Å². The average molecular weight is 495 g/mol. The Labute approximate surface area is 199 Å². The third-order valence-electron chi connectivity index (χ3n) is 7.62. The summed E-state index contributed by atoms with van der Waals surface area (Å²) in [5, 5.41) is 22.6. The minimum absolute atomic E-state index is 0.0160. The van der Waals surface area contributed by atoms with Gasteiger partial charge in [0.2, 0.25) is 0 Å². The molecule has 2 heterocycles. The summed E-state index contributed by atoms with van der Waals surface area (Å²) in [4.78, 5) is 12.9. The number of nitrogens with zero attached hydrogens (tertiary/aromatic N) is 3. The van der Waals surface area contributed by atoms with Crippen LogP contribution in [0.4, 0.5) is 8.78 Å². The number of halogens is 3. The molecule has 2 atom stereocenters. The van der Waals surface area contributed by atoms with E-state index in [1.807, 2.05) is 6.20 Å². The van der Waals surface area contributed by atoms with E-state index in [1.165, 1.54) is 0 Å². The Hall–Kier alpha value is -2.30. The number of fused-ring (bicyclic) bond motifs is 1. The summed E-state index contributed by atoms with van der Waals surface area (Å²) in [6.07, 6.45) is 0.194. The molecule has 2 N–H and O–H groups in total. The zero-order valence-electron chi connectivity index (χ0n) is 18.5. The Morgan fingerprint density at radius 1 is 1.32 bits per heavy atom. The first kappa shape index (κ1) is 22.2. The molecule has 2 bridgehead atoms. The SMILES string of the molecule is CC(F)(F)OC1CC(n2cc(C34CC(NC(=O)[C@H]5C[C@@H](O)c6cc(Cl)ccc6O5)(C3)C4)nn2)C1. The molecule has 4 fully saturated rings. The highest BCUT2D eigenvalue weighted by molar-refractivity contribution is 6.30. The molecule has 7 rings (SSSR count). The maximum atomic E-state index is 13.0. The second-order valence-corrected chi connectivity index (χ2v) is 10.8. The predicted molar refractivity (Wildman–Crippen MR) is 116 cm³/mol. The van der Waals surface area contributed by atoms with E-state index in [0.717, 1.165) is 31.9 Å². The zero-order valence-corrected chi connectivity index (χ0v) is 19.3. The fourth-order valence-corrected chi connectivity index (χ4v) is 6.13. The molecule has 11 heteroatoms. The van der Waals surface area contributed by atoms with Crippen LogP contribution in [0.25, 0.3) is 0 Å². The molecule has 1 aromatic heterocycles. The molecule has 0 spiro atoms. The van der Waals surface area contributed by atoms with Gasteiger partial charge in [0, 0.05) is 41.1 Å².